The quantitative estimate of drug-likeness (QED) is 0.487. The van der Waals surface area contributed by atoms with Crippen LogP contribution in [0.15, 0.2) is 81.4 Å². The van der Waals surface area contributed by atoms with Gasteiger partial charge in [-0.05, 0) is 36.2 Å². The highest BCUT2D eigenvalue weighted by Gasteiger charge is 2.30. The summed E-state index contributed by atoms with van der Waals surface area (Å²) >= 11 is 7.36. The normalized spacial score (nSPS) is 18.1. The zero-order chi connectivity index (χ0) is 19.3. The number of carbonyl (C=O) groups is 1. The van der Waals surface area contributed by atoms with E-state index in [1.165, 1.54) is 18.0 Å². The molecule has 1 N–H and O–H groups in total. The smallest absolute Gasteiger partial charge is 0.239 e. The van der Waals surface area contributed by atoms with Crippen LogP contribution >= 0.6 is 23.4 Å². The van der Waals surface area contributed by atoms with E-state index in [9.17, 15) is 4.79 Å². The molecule has 1 aromatic heterocycles. The van der Waals surface area contributed by atoms with Crippen LogP contribution in [0.5, 0.6) is 0 Å². The van der Waals surface area contributed by atoms with Crippen LogP contribution in [0.1, 0.15) is 11.3 Å². The topological polar surface area (TPSA) is 67.0 Å². The summed E-state index contributed by atoms with van der Waals surface area (Å²) in [6, 6.07) is 21.0. The van der Waals surface area contributed by atoms with Crippen LogP contribution in [0.4, 0.5) is 0 Å². The van der Waals surface area contributed by atoms with Crippen molar-refractivity contribution in [2.75, 3.05) is 0 Å². The molecule has 7 heteroatoms. The van der Waals surface area contributed by atoms with Crippen molar-refractivity contribution in [3.05, 3.63) is 83.1 Å². The Balaban J connectivity index is 1.39. The van der Waals surface area contributed by atoms with E-state index in [1.807, 2.05) is 66.7 Å². The Kier molecular flexibility index (Phi) is 5.60. The average molecular weight is 410 g/mol. The van der Waals surface area contributed by atoms with Gasteiger partial charge in [-0.25, -0.2) is 0 Å². The first-order chi connectivity index (χ1) is 13.7. The van der Waals surface area contributed by atoms with Gasteiger partial charge in [0, 0.05) is 10.6 Å². The zero-order valence-corrected chi connectivity index (χ0v) is 16.3. The van der Waals surface area contributed by atoms with Gasteiger partial charge in [0.05, 0.1) is 11.5 Å². The van der Waals surface area contributed by atoms with Gasteiger partial charge in [-0.1, -0.05) is 65.8 Å². The molecule has 0 saturated carbocycles. The van der Waals surface area contributed by atoms with Crippen LogP contribution in [-0.2, 0) is 11.2 Å². The molecular formula is C21H16ClN3O2S. The van der Waals surface area contributed by atoms with Gasteiger partial charge in [0.25, 0.3) is 0 Å². The number of hydrogen-bond acceptors (Lipinski definition) is 5. The van der Waals surface area contributed by atoms with Gasteiger partial charge in [0.2, 0.25) is 5.91 Å². The minimum absolute atomic E-state index is 0.0803. The van der Waals surface area contributed by atoms with E-state index in [-0.39, 0.29) is 11.2 Å². The summed E-state index contributed by atoms with van der Waals surface area (Å²) in [7, 11) is 0. The van der Waals surface area contributed by atoms with E-state index >= 15 is 0 Å². The van der Waals surface area contributed by atoms with Gasteiger partial charge in [-0.15, -0.1) is 5.10 Å². The van der Waals surface area contributed by atoms with Crippen molar-refractivity contribution in [3.8, 4) is 11.3 Å². The van der Waals surface area contributed by atoms with E-state index in [0.717, 1.165) is 16.9 Å². The number of nitrogens with zero attached hydrogens (tertiary/aromatic N) is 2. The number of carbonyl (C=O) groups excluding carboxylic acids is 1. The van der Waals surface area contributed by atoms with Crippen molar-refractivity contribution in [1.82, 2.24) is 5.32 Å². The molecule has 1 atom stereocenters. The number of amidine groups is 1. The second-order valence-corrected chi connectivity index (χ2v) is 7.78. The third kappa shape index (κ3) is 4.52. The predicted molar refractivity (Wildman–Crippen MR) is 114 cm³/mol. The Morgan fingerprint density at radius 2 is 1.96 bits per heavy atom. The average Bonchev–Trinajstić information content (AvgIpc) is 3.30. The maximum Gasteiger partial charge on any atom is 0.239 e. The third-order valence-electron chi connectivity index (χ3n) is 4.11. The molecule has 0 aliphatic carbocycles. The lowest BCUT2D eigenvalue weighted by Gasteiger charge is -2.05. The summed E-state index contributed by atoms with van der Waals surface area (Å²) in [6.45, 7) is 0. The van der Waals surface area contributed by atoms with Crippen molar-refractivity contribution in [1.29, 1.82) is 0 Å². The summed E-state index contributed by atoms with van der Waals surface area (Å²) in [6.07, 6.45) is 2.11. The van der Waals surface area contributed by atoms with Gasteiger partial charge in [-0.3, -0.25) is 4.79 Å². The molecule has 4 rings (SSSR count). The molecule has 140 valence electrons. The van der Waals surface area contributed by atoms with Crippen LogP contribution < -0.4 is 5.32 Å². The standard InChI is InChI=1S/C21H16ClN3O2S/c22-16-8-4-5-14(11-16)12-19-20(26)24-21(28-19)25-23-13-17-9-10-18(27-17)15-6-2-1-3-7-15/h1-11,13,19H,12H2,(H,24,25,26)/b23-13+. The van der Waals surface area contributed by atoms with Crippen molar-refractivity contribution < 1.29 is 9.21 Å². The first-order valence-corrected chi connectivity index (χ1v) is 9.91. The van der Waals surface area contributed by atoms with Crippen LogP contribution in [0.3, 0.4) is 0 Å². The van der Waals surface area contributed by atoms with E-state index in [4.69, 9.17) is 16.0 Å². The molecule has 0 radical (unpaired) electrons. The monoisotopic (exact) mass is 409 g/mol. The van der Waals surface area contributed by atoms with Gasteiger partial charge in [-0.2, -0.15) is 5.10 Å². The lowest BCUT2D eigenvalue weighted by atomic mass is 10.1. The lowest BCUT2D eigenvalue weighted by molar-refractivity contribution is -0.118. The van der Waals surface area contributed by atoms with Gasteiger partial charge < -0.3 is 9.73 Å². The molecule has 5 nitrogen and oxygen atoms in total. The van der Waals surface area contributed by atoms with E-state index in [0.29, 0.717) is 22.4 Å². The van der Waals surface area contributed by atoms with Crippen molar-refractivity contribution in [2.45, 2.75) is 11.7 Å². The zero-order valence-electron chi connectivity index (χ0n) is 14.7. The fourth-order valence-electron chi connectivity index (χ4n) is 2.78. The number of furan rings is 1. The number of hydrogen-bond donors (Lipinski definition) is 1. The number of halogens is 1. The van der Waals surface area contributed by atoms with Gasteiger partial charge in [0.15, 0.2) is 5.17 Å². The molecule has 2 heterocycles. The maximum absolute atomic E-state index is 12.2. The summed E-state index contributed by atoms with van der Waals surface area (Å²) in [5.41, 5.74) is 2.00. The molecule has 1 fully saturated rings. The maximum atomic E-state index is 12.2. The first-order valence-electron chi connectivity index (χ1n) is 8.65. The third-order valence-corrected chi connectivity index (χ3v) is 5.41. The second kappa shape index (κ2) is 8.46. The van der Waals surface area contributed by atoms with Crippen LogP contribution in [0, 0.1) is 0 Å². The summed E-state index contributed by atoms with van der Waals surface area (Å²) in [5, 5.41) is 11.8. The highest BCUT2D eigenvalue weighted by atomic mass is 35.5. The molecule has 0 spiro atoms. The van der Waals surface area contributed by atoms with Crippen molar-refractivity contribution in [2.24, 2.45) is 10.2 Å². The number of nitrogens with one attached hydrogen (secondary N) is 1. The Morgan fingerprint density at radius 3 is 2.79 bits per heavy atom. The Hall–Kier alpha value is -2.83. The first kappa shape index (κ1) is 18.5. The Morgan fingerprint density at radius 1 is 1.11 bits per heavy atom. The summed E-state index contributed by atoms with van der Waals surface area (Å²) in [4.78, 5) is 12.2. The van der Waals surface area contributed by atoms with E-state index in [2.05, 4.69) is 15.5 Å². The molecule has 1 unspecified atom stereocenters. The molecule has 3 aromatic rings. The molecule has 1 aliphatic rings. The molecule has 0 bridgehead atoms. The Labute approximate surface area is 171 Å². The largest absolute Gasteiger partial charge is 0.455 e. The molecular weight excluding hydrogens is 394 g/mol. The highest BCUT2D eigenvalue weighted by molar-refractivity contribution is 8.15. The SMILES string of the molecule is O=C1N/C(=N\N=C\c2ccc(-c3ccccc3)o2)SC1Cc1cccc(Cl)c1. The lowest BCUT2D eigenvalue weighted by Crippen LogP contribution is -2.25. The minimum atomic E-state index is -0.249. The number of rotatable bonds is 5. The number of benzene rings is 2. The summed E-state index contributed by atoms with van der Waals surface area (Å²) < 4.78 is 5.74. The second-order valence-electron chi connectivity index (χ2n) is 6.15. The van der Waals surface area contributed by atoms with Crippen LogP contribution in [0.25, 0.3) is 11.3 Å². The minimum Gasteiger partial charge on any atom is -0.455 e. The number of thioether (sulfide) groups is 1. The van der Waals surface area contributed by atoms with Crippen molar-refractivity contribution >= 4 is 40.7 Å². The predicted octanol–water partition coefficient (Wildman–Crippen LogP) is 4.76. The van der Waals surface area contributed by atoms with Crippen molar-refractivity contribution in [3.63, 3.8) is 0 Å². The Bertz CT molecular complexity index is 1050. The highest BCUT2D eigenvalue weighted by Crippen LogP contribution is 2.25. The molecule has 1 aliphatic heterocycles. The van der Waals surface area contributed by atoms with Gasteiger partial charge in [0.1, 0.15) is 11.5 Å². The molecule has 2 aromatic carbocycles. The molecule has 1 amide bonds. The van der Waals surface area contributed by atoms with E-state index < -0.39 is 0 Å². The summed E-state index contributed by atoms with van der Waals surface area (Å²) in [5.74, 6) is 1.27. The molecule has 28 heavy (non-hydrogen) atoms. The van der Waals surface area contributed by atoms with E-state index in [1.54, 1.807) is 0 Å². The number of amides is 1. The molecule has 1 saturated heterocycles. The fourth-order valence-corrected chi connectivity index (χ4v) is 3.96. The van der Waals surface area contributed by atoms with Gasteiger partial charge >= 0.3 is 0 Å². The fraction of sp³-hybridized carbons (Fsp3) is 0.0952. The van der Waals surface area contributed by atoms with Crippen LogP contribution in [0.2, 0.25) is 5.02 Å². The van der Waals surface area contributed by atoms with Crippen LogP contribution in [-0.4, -0.2) is 22.5 Å².